The SMILES string of the molecule is COCCNCCCNCC(C)(C)c1ccccc1. The number of ether oxygens (including phenoxy) is 1. The lowest BCUT2D eigenvalue weighted by atomic mass is 9.84. The molecule has 1 aromatic rings. The fraction of sp³-hybridized carbons (Fsp3) is 0.625. The second-order valence-electron chi connectivity index (χ2n) is 5.52. The molecule has 0 saturated heterocycles. The molecule has 0 aliphatic heterocycles. The van der Waals surface area contributed by atoms with Gasteiger partial charge in [-0.15, -0.1) is 0 Å². The predicted molar refractivity (Wildman–Crippen MR) is 81.7 cm³/mol. The Balaban J connectivity index is 2.12. The highest BCUT2D eigenvalue weighted by Gasteiger charge is 2.19. The largest absolute Gasteiger partial charge is 0.383 e. The molecule has 0 fully saturated rings. The molecule has 0 unspecified atom stereocenters. The van der Waals surface area contributed by atoms with Gasteiger partial charge in [-0.1, -0.05) is 44.2 Å². The quantitative estimate of drug-likeness (QED) is 0.636. The summed E-state index contributed by atoms with van der Waals surface area (Å²) in [5.74, 6) is 0. The zero-order chi connectivity index (χ0) is 14.0. The monoisotopic (exact) mass is 264 g/mol. The van der Waals surface area contributed by atoms with Crippen LogP contribution in [0.4, 0.5) is 0 Å². The third-order valence-corrected chi connectivity index (χ3v) is 3.31. The van der Waals surface area contributed by atoms with Crippen molar-refractivity contribution in [2.45, 2.75) is 25.7 Å². The molecule has 3 heteroatoms. The summed E-state index contributed by atoms with van der Waals surface area (Å²) in [4.78, 5) is 0. The van der Waals surface area contributed by atoms with Gasteiger partial charge < -0.3 is 15.4 Å². The van der Waals surface area contributed by atoms with Gasteiger partial charge in [-0.05, 0) is 25.1 Å². The molecule has 19 heavy (non-hydrogen) atoms. The van der Waals surface area contributed by atoms with Crippen LogP contribution < -0.4 is 10.6 Å². The molecule has 1 rings (SSSR count). The van der Waals surface area contributed by atoms with Crippen molar-refractivity contribution in [1.82, 2.24) is 10.6 Å². The van der Waals surface area contributed by atoms with Gasteiger partial charge >= 0.3 is 0 Å². The summed E-state index contributed by atoms with van der Waals surface area (Å²) in [6, 6.07) is 10.7. The van der Waals surface area contributed by atoms with E-state index in [9.17, 15) is 0 Å². The molecule has 0 atom stereocenters. The third kappa shape index (κ3) is 6.71. The first-order chi connectivity index (χ1) is 9.17. The molecule has 0 radical (unpaired) electrons. The molecule has 1 aromatic carbocycles. The van der Waals surface area contributed by atoms with Gasteiger partial charge in [0.05, 0.1) is 6.61 Å². The molecule has 0 heterocycles. The van der Waals surface area contributed by atoms with E-state index in [1.807, 2.05) is 0 Å². The summed E-state index contributed by atoms with van der Waals surface area (Å²) in [7, 11) is 1.73. The number of methoxy groups -OCH3 is 1. The first kappa shape index (κ1) is 16.2. The van der Waals surface area contributed by atoms with Gasteiger partial charge in [0.1, 0.15) is 0 Å². The van der Waals surface area contributed by atoms with Crippen molar-refractivity contribution in [3.05, 3.63) is 35.9 Å². The second kappa shape index (κ2) is 9.08. The molecule has 0 amide bonds. The molecule has 0 aliphatic carbocycles. The van der Waals surface area contributed by atoms with Crippen LogP contribution >= 0.6 is 0 Å². The van der Waals surface area contributed by atoms with Crippen LogP contribution in [-0.4, -0.2) is 39.9 Å². The summed E-state index contributed by atoms with van der Waals surface area (Å²) in [5.41, 5.74) is 1.57. The van der Waals surface area contributed by atoms with Crippen LogP contribution in [0.5, 0.6) is 0 Å². The second-order valence-corrected chi connectivity index (χ2v) is 5.52. The lowest BCUT2D eigenvalue weighted by molar-refractivity contribution is 0.199. The van der Waals surface area contributed by atoms with Crippen molar-refractivity contribution < 1.29 is 4.74 Å². The number of hydrogen-bond donors (Lipinski definition) is 2. The number of benzene rings is 1. The predicted octanol–water partition coefficient (Wildman–Crippen LogP) is 2.18. The van der Waals surface area contributed by atoms with Crippen LogP contribution in [0.1, 0.15) is 25.8 Å². The Labute approximate surface area is 117 Å². The number of nitrogens with one attached hydrogen (secondary N) is 2. The molecule has 2 N–H and O–H groups in total. The van der Waals surface area contributed by atoms with Crippen LogP contribution in [0.2, 0.25) is 0 Å². The van der Waals surface area contributed by atoms with Gasteiger partial charge in [0.15, 0.2) is 0 Å². The van der Waals surface area contributed by atoms with E-state index in [2.05, 4.69) is 54.8 Å². The lowest BCUT2D eigenvalue weighted by Gasteiger charge is -2.25. The van der Waals surface area contributed by atoms with E-state index in [0.29, 0.717) is 0 Å². The fourth-order valence-electron chi connectivity index (χ4n) is 2.03. The van der Waals surface area contributed by atoms with E-state index >= 15 is 0 Å². The Bertz CT molecular complexity index is 325. The topological polar surface area (TPSA) is 33.3 Å². The molecule has 0 aromatic heterocycles. The zero-order valence-electron chi connectivity index (χ0n) is 12.5. The smallest absolute Gasteiger partial charge is 0.0587 e. The van der Waals surface area contributed by atoms with E-state index in [1.165, 1.54) is 5.56 Å². The minimum atomic E-state index is 0.185. The first-order valence-electron chi connectivity index (χ1n) is 7.13. The van der Waals surface area contributed by atoms with Gasteiger partial charge in [-0.2, -0.15) is 0 Å². The molecule has 0 saturated carbocycles. The Morgan fingerprint density at radius 1 is 1.00 bits per heavy atom. The van der Waals surface area contributed by atoms with Crippen LogP contribution in [0.15, 0.2) is 30.3 Å². The Morgan fingerprint density at radius 2 is 1.68 bits per heavy atom. The van der Waals surface area contributed by atoms with Crippen LogP contribution in [0.25, 0.3) is 0 Å². The molecule has 108 valence electrons. The summed E-state index contributed by atoms with van der Waals surface area (Å²) in [5, 5.41) is 6.89. The van der Waals surface area contributed by atoms with Crippen molar-refractivity contribution in [3.63, 3.8) is 0 Å². The number of hydrogen-bond acceptors (Lipinski definition) is 3. The van der Waals surface area contributed by atoms with E-state index < -0.39 is 0 Å². The van der Waals surface area contributed by atoms with Gasteiger partial charge in [-0.3, -0.25) is 0 Å². The standard InChI is InChI=1S/C16H28N2O/c1-16(2,15-8-5-4-6-9-15)14-18-11-7-10-17-12-13-19-3/h4-6,8-9,17-18H,7,10-14H2,1-3H3. The summed E-state index contributed by atoms with van der Waals surface area (Å²) in [6.45, 7) is 9.40. The van der Waals surface area contributed by atoms with Crippen molar-refractivity contribution in [1.29, 1.82) is 0 Å². The van der Waals surface area contributed by atoms with Crippen LogP contribution in [0.3, 0.4) is 0 Å². The van der Waals surface area contributed by atoms with Crippen LogP contribution in [-0.2, 0) is 10.2 Å². The highest BCUT2D eigenvalue weighted by Crippen LogP contribution is 2.21. The third-order valence-electron chi connectivity index (χ3n) is 3.31. The van der Waals surface area contributed by atoms with Crippen molar-refractivity contribution >= 4 is 0 Å². The normalized spacial score (nSPS) is 11.7. The molecular formula is C16H28N2O. The fourth-order valence-corrected chi connectivity index (χ4v) is 2.03. The molecule has 0 aliphatic rings. The Morgan fingerprint density at radius 3 is 2.37 bits per heavy atom. The van der Waals surface area contributed by atoms with E-state index in [-0.39, 0.29) is 5.41 Å². The number of rotatable bonds is 10. The average Bonchev–Trinajstić information content (AvgIpc) is 2.43. The van der Waals surface area contributed by atoms with Crippen LogP contribution in [0, 0.1) is 0 Å². The average molecular weight is 264 g/mol. The molecule has 3 nitrogen and oxygen atoms in total. The Hall–Kier alpha value is -0.900. The zero-order valence-corrected chi connectivity index (χ0v) is 12.5. The summed E-state index contributed by atoms with van der Waals surface area (Å²) >= 11 is 0. The van der Waals surface area contributed by atoms with Crippen molar-refractivity contribution in [3.8, 4) is 0 Å². The summed E-state index contributed by atoms with van der Waals surface area (Å²) < 4.78 is 4.99. The van der Waals surface area contributed by atoms with E-state index in [1.54, 1.807) is 7.11 Å². The maximum absolute atomic E-state index is 4.99. The minimum absolute atomic E-state index is 0.185. The minimum Gasteiger partial charge on any atom is -0.383 e. The summed E-state index contributed by atoms with van der Waals surface area (Å²) in [6.07, 6.45) is 1.15. The molecule has 0 spiro atoms. The van der Waals surface area contributed by atoms with E-state index in [0.717, 1.165) is 39.2 Å². The highest BCUT2D eigenvalue weighted by atomic mass is 16.5. The highest BCUT2D eigenvalue weighted by molar-refractivity contribution is 5.23. The van der Waals surface area contributed by atoms with E-state index in [4.69, 9.17) is 4.74 Å². The molecular weight excluding hydrogens is 236 g/mol. The van der Waals surface area contributed by atoms with Gasteiger partial charge in [-0.25, -0.2) is 0 Å². The maximum Gasteiger partial charge on any atom is 0.0587 e. The maximum atomic E-state index is 4.99. The molecule has 0 bridgehead atoms. The van der Waals surface area contributed by atoms with Crippen molar-refractivity contribution in [2.24, 2.45) is 0 Å². The Kier molecular flexibility index (Phi) is 7.72. The van der Waals surface area contributed by atoms with Gasteiger partial charge in [0, 0.05) is 25.6 Å². The lowest BCUT2D eigenvalue weighted by Crippen LogP contribution is -2.34. The van der Waals surface area contributed by atoms with Gasteiger partial charge in [0.2, 0.25) is 0 Å². The van der Waals surface area contributed by atoms with Gasteiger partial charge in [0.25, 0.3) is 0 Å². The first-order valence-corrected chi connectivity index (χ1v) is 7.13. The van der Waals surface area contributed by atoms with Crippen molar-refractivity contribution in [2.75, 3.05) is 39.9 Å².